The van der Waals surface area contributed by atoms with E-state index < -0.39 is 0 Å². The van der Waals surface area contributed by atoms with E-state index in [4.69, 9.17) is 4.74 Å². The second-order valence-corrected chi connectivity index (χ2v) is 4.78. The van der Waals surface area contributed by atoms with E-state index in [-0.39, 0.29) is 0 Å². The van der Waals surface area contributed by atoms with Gasteiger partial charge in [-0.15, -0.1) is 0 Å². The molecule has 2 rings (SSSR count). The van der Waals surface area contributed by atoms with E-state index in [0.717, 1.165) is 11.3 Å². The largest absolute Gasteiger partial charge is 0.463 e. The molecule has 0 fully saturated rings. The summed E-state index contributed by atoms with van der Waals surface area (Å²) in [4.78, 5) is 13.8. The number of nitrogens with zero attached hydrogens (tertiary/aromatic N) is 3. The molecule has 6 heteroatoms. The van der Waals surface area contributed by atoms with Crippen molar-refractivity contribution in [3.63, 3.8) is 0 Å². The lowest BCUT2D eigenvalue weighted by atomic mass is 10.4. The lowest BCUT2D eigenvalue weighted by Gasteiger charge is -2.07. The summed E-state index contributed by atoms with van der Waals surface area (Å²) in [6, 6.07) is 10.3. The molecule has 0 amide bonds. The number of anilines is 1. The summed E-state index contributed by atoms with van der Waals surface area (Å²) in [5.74, 6) is 0.513. The molecule has 0 aliphatic rings. The van der Waals surface area contributed by atoms with Gasteiger partial charge in [0.1, 0.15) is 0 Å². The van der Waals surface area contributed by atoms with Crippen molar-refractivity contribution in [1.29, 1.82) is 0 Å². The average Bonchev–Trinajstić information content (AvgIpc) is 2.46. The number of nitrogens with one attached hydrogen (secondary N) is 1. The number of ether oxygens (including phenoxy) is 1. The van der Waals surface area contributed by atoms with Crippen molar-refractivity contribution < 1.29 is 4.74 Å². The second kappa shape index (κ2) is 6.94. The molecule has 100 valence electrons. The highest BCUT2D eigenvalue weighted by Gasteiger charge is 2.08. The van der Waals surface area contributed by atoms with Crippen LogP contribution in [0.5, 0.6) is 6.01 Å². The van der Waals surface area contributed by atoms with Crippen molar-refractivity contribution in [3.8, 4) is 6.01 Å². The summed E-state index contributed by atoms with van der Waals surface area (Å²) in [6.45, 7) is 2.64. The SMILES string of the molecule is CCCOc1nc(NC)nc(Sc2ccccc2)n1. The summed E-state index contributed by atoms with van der Waals surface area (Å²) in [7, 11) is 1.77. The van der Waals surface area contributed by atoms with Crippen molar-refractivity contribution in [1.82, 2.24) is 15.0 Å². The van der Waals surface area contributed by atoms with Crippen molar-refractivity contribution in [3.05, 3.63) is 30.3 Å². The minimum atomic E-state index is 0.361. The van der Waals surface area contributed by atoms with Gasteiger partial charge in [0.15, 0.2) is 0 Å². The third kappa shape index (κ3) is 4.10. The van der Waals surface area contributed by atoms with Gasteiger partial charge in [-0.2, -0.15) is 15.0 Å². The zero-order chi connectivity index (χ0) is 13.5. The van der Waals surface area contributed by atoms with Crippen LogP contribution in [0.4, 0.5) is 5.95 Å². The first kappa shape index (κ1) is 13.6. The third-order valence-corrected chi connectivity index (χ3v) is 3.08. The van der Waals surface area contributed by atoms with Crippen LogP contribution >= 0.6 is 11.8 Å². The van der Waals surface area contributed by atoms with Gasteiger partial charge < -0.3 is 10.1 Å². The normalized spacial score (nSPS) is 10.2. The Morgan fingerprint density at radius 1 is 1.16 bits per heavy atom. The Bertz CT molecular complexity index is 521. The van der Waals surface area contributed by atoms with E-state index in [2.05, 4.69) is 20.3 Å². The number of aromatic nitrogens is 3. The minimum absolute atomic E-state index is 0.361. The summed E-state index contributed by atoms with van der Waals surface area (Å²) >= 11 is 1.48. The smallest absolute Gasteiger partial charge is 0.322 e. The van der Waals surface area contributed by atoms with Crippen LogP contribution in [0, 0.1) is 0 Å². The molecule has 0 saturated carbocycles. The predicted molar refractivity (Wildman–Crippen MR) is 75.7 cm³/mol. The maximum Gasteiger partial charge on any atom is 0.322 e. The summed E-state index contributed by atoms with van der Waals surface area (Å²) < 4.78 is 5.46. The van der Waals surface area contributed by atoms with Gasteiger partial charge in [-0.25, -0.2) is 0 Å². The molecular weight excluding hydrogens is 260 g/mol. The van der Waals surface area contributed by atoms with Crippen LogP contribution in [0.3, 0.4) is 0 Å². The predicted octanol–water partition coefficient (Wildman–Crippen LogP) is 2.85. The molecule has 0 saturated heterocycles. The highest BCUT2D eigenvalue weighted by Crippen LogP contribution is 2.25. The van der Waals surface area contributed by atoms with Gasteiger partial charge in [0, 0.05) is 11.9 Å². The highest BCUT2D eigenvalue weighted by molar-refractivity contribution is 7.99. The molecule has 0 atom stereocenters. The first-order chi connectivity index (χ1) is 9.31. The minimum Gasteiger partial charge on any atom is -0.463 e. The van der Waals surface area contributed by atoms with Crippen molar-refractivity contribution in [2.75, 3.05) is 19.0 Å². The molecule has 5 nitrogen and oxygen atoms in total. The van der Waals surface area contributed by atoms with Gasteiger partial charge in [-0.1, -0.05) is 25.1 Å². The lowest BCUT2D eigenvalue weighted by Crippen LogP contribution is -2.05. The maximum atomic E-state index is 5.46. The molecule has 1 aromatic carbocycles. The van der Waals surface area contributed by atoms with E-state index in [1.165, 1.54) is 11.8 Å². The Labute approximate surface area is 116 Å². The average molecular weight is 276 g/mol. The van der Waals surface area contributed by atoms with Crippen LogP contribution in [-0.4, -0.2) is 28.6 Å². The Balaban J connectivity index is 2.19. The Kier molecular flexibility index (Phi) is 4.97. The molecule has 2 aromatic rings. The summed E-state index contributed by atoms with van der Waals surface area (Å²) in [6.07, 6.45) is 0.918. The quantitative estimate of drug-likeness (QED) is 0.875. The van der Waals surface area contributed by atoms with E-state index in [1.807, 2.05) is 37.3 Å². The monoisotopic (exact) mass is 276 g/mol. The van der Waals surface area contributed by atoms with Gasteiger partial charge in [0.25, 0.3) is 0 Å². The van der Waals surface area contributed by atoms with Crippen LogP contribution in [0.15, 0.2) is 40.4 Å². The van der Waals surface area contributed by atoms with E-state index in [1.54, 1.807) is 7.05 Å². The molecule has 0 unspecified atom stereocenters. The Morgan fingerprint density at radius 3 is 2.63 bits per heavy atom. The molecule has 0 spiro atoms. The fourth-order valence-corrected chi connectivity index (χ4v) is 2.11. The summed E-state index contributed by atoms with van der Waals surface area (Å²) in [5, 5.41) is 3.54. The molecule has 0 bridgehead atoms. The van der Waals surface area contributed by atoms with Gasteiger partial charge in [0.05, 0.1) is 6.61 Å². The number of hydrogen-bond acceptors (Lipinski definition) is 6. The Morgan fingerprint density at radius 2 is 1.95 bits per heavy atom. The van der Waals surface area contributed by atoms with Crippen molar-refractivity contribution in [2.45, 2.75) is 23.4 Å². The van der Waals surface area contributed by atoms with Crippen LogP contribution in [0.1, 0.15) is 13.3 Å². The lowest BCUT2D eigenvalue weighted by molar-refractivity contribution is 0.288. The van der Waals surface area contributed by atoms with E-state index in [0.29, 0.717) is 23.7 Å². The van der Waals surface area contributed by atoms with Crippen LogP contribution in [-0.2, 0) is 0 Å². The maximum absolute atomic E-state index is 5.46. The van der Waals surface area contributed by atoms with Crippen LogP contribution in [0.25, 0.3) is 0 Å². The summed E-state index contributed by atoms with van der Waals surface area (Å²) in [5.41, 5.74) is 0. The third-order valence-electron chi connectivity index (χ3n) is 2.21. The fourth-order valence-electron chi connectivity index (χ4n) is 1.35. The number of rotatable bonds is 6. The Hall–Kier alpha value is -1.82. The molecule has 0 radical (unpaired) electrons. The number of hydrogen-bond donors (Lipinski definition) is 1. The number of benzene rings is 1. The first-order valence-corrected chi connectivity index (χ1v) is 6.93. The zero-order valence-electron chi connectivity index (χ0n) is 11.0. The molecule has 1 aromatic heterocycles. The second-order valence-electron chi connectivity index (χ2n) is 3.74. The van der Waals surface area contributed by atoms with Gasteiger partial charge in [0.2, 0.25) is 11.1 Å². The standard InChI is InChI=1S/C13H16N4OS/c1-3-9-18-12-15-11(14-2)16-13(17-12)19-10-7-5-4-6-8-10/h4-8H,3,9H2,1-2H3,(H,14,15,16,17). The van der Waals surface area contributed by atoms with E-state index >= 15 is 0 Å². The topological polar surface area (TPSA) is 59.9 Å². The van der Waals surface area contributed by atoms with Gasteiger partial charge >= 0.3 is 6.01 Å². The molecule has 0 aliphatic heterocycles. The molecule has 19 heavy (non-hydrogen) atoms. The van der Waals surface area contributed by atoms with Crippen LogP contribution in [0.2, 0.25) is 0 Å². The molecule has 1 heterocycles. The molecular formula is C13H16N4OS. The zero-order valence-corrected chi connectivity index (χ0v) is 11.8. The first-order valence-electron chi connectivity index (χ1n) is 6.11. The van der Waals surface area contributed by atoms with Crippen molar-refractivity contribution >= 4 is 17.7 Å². The fraction of sp³-hybridized carbons (Fsp3) is 0.308. The van der Waals surface area contributed by atoms with Gasteiger partial charge in [-0.3, -0.25) is 0 Å². The highest BCUT2D eigenvalue weighted by atomic mass is 32.2. The van der Waals surface area contributed by atoms with Gasteiger partial charge in [-0.05, 0) is 30.3 Å². The van der Waals surface area contributed by atoms with Crippen LogP contribution < -0.4 is 10.1 Å². The van der Waals surface area contributed by atoms with E-state index in [9.17, 15) is 0 Å². The molecule has 0 aliphatic carbocycles. The molecule has 1 N–H and O–H groups in total. The van der Waals surface area contributed by atoms with Crippen molar-refractivity contribution in [2.24, 2.45) is 0 Å².